The molecule has 2 atom stereocenters. The number of carbonyl (C=O) groups excluding carboxylic acids is 1. The maximum atomic E-state index is 12.5. The summed E-state index contributed by atoms with van der Waals surface area (Å²) in [7, 11) is 1.11. The predicted molar refractivity (Wildman–Crippen MR) is 39.8 cm³/mol. The molecule has 0 N–H and O–H groups in total. The molecule has 13 heavy (non-hydrogen) atoms. The number of hydrogen-bond acceptors (Lipinski definition) is 4. The molecule has 0 aromatic carbocycles. The Bertz CT molecular complexity index is 244. The van der Waals surface area contributed by atoms with Crippen molar-refractivity contribution in [3.05, 3.63) is 0 Å². The summed E-state index contributed by atoms with van der Waals surface area (Å²) in [6, 6.07) is -1.28. The van der Waals surface area contributed by atoms with Gasteiger partial charge in [0.15, 0.2) is 12.4 Å². The molecular formula is C7H9F2NO3. The zero-order valence-corrected chi connectivity index (χ0v) is 7.16. The molecule has 1 aliphatic heterocycles. The van der Waals surface area contributed by atoms with Crippen molar-refractivity contribution in [2.75, 3.05) is 7.11 Å². The maximum Gasteiger partial charge on any atom is 0.335 e. The zero-order valence-electron chi connectivity index (χ0n) is 7.16. The average Bonchev–Trinajstić information content (AvgIpc) is 2.47. The van der Waals surface area contributed by atoms with Crippen LogP contribution in [0.3, 0.4) is 0 Å². The summed E-state index contributed by atoms with van der Waals surface area (Å²) in [5, 5.41) is 0. The number of methoxy groups -OCH3 is 1. The second-order valence-electron chi connectivity index (χ2n) is 2.78. The van der Waals surface area contributed by atoms with Gasteiger partial charge in [-0.15, -0.1) is 0 Å². The van der Waals surface area contributed by atoms with Gasteiger partial charge in [-0.3, -0.25) is 0 Å². The molecule has 1 rings (SSSR count). The van der Waals surface area contributed by atoms with Crippen LogP contribution in [0.2, 0.25) is 0 Å². The predicted octanol–water partition coefficient (Wildman–Crippen LogP) is 0.610. The van der Waals surface area contributed by atoms with Crippen molar-refractivity contribution in [1.29, 1.82) is 0 Å². The van der Waals surface area contributed by atoms with Crippen LogP contribution >= 0.6 is 0 Å². The van der Waals surface area contributed by atoms with Crippen LogP contribution in [-0.4, -0.2) is 37.5 Å². The van der Waals surface area contributed by atoms with Crippen molar-refractivity contribution in [3.63, 3.8) is 0 Å². The minimum absolute atomic E-state index is 0.823. The number of aliphatic imine (C=N–C) groups is 1. The Morgan fingerprint density at radius 1 is 1.77 bits per heavy atom. The number of esters is 1. The first-order valence-corrected chi connectivity index (χ1v) is 3.58. The van der Waals surface area contributed by atoms with Crippen LogP contribution in [-0.2, 0) is 14.3 Å². The number of hydrogen-bond donors (Lipinski definition) is 0. The number of ether oxygens (including phenoxy) is 2. The van der Waals surface area contributed by atoms with Crippen molar-refractivity contribution in [2.45, 2.75) is 25.0 Å². The molecule has 0 radical (unpaired) electrons. The molecule has 0 fully saturated rings. The molecule has 74 valence electrons. The van der Waals surface area contributed by atoms with Gasteiger partial charge in [-0.1, -0.05) is 0 Å². The Hall–Kier alpha value is -1.20. The van der Waals surface area contributed by atoms with Crippen LogP contribution in [0.25, 0.3) is 0 Å². The van der Waals surface area contributed by atoms with E-state index in [-0.39, 0.29) is 0 Å². The number of halogens is 2. The van der Waals surface area contributed by atoms with Gasteiger partial charge >= 0.3 is 5.97 Å². The average molecular weight is 193 g/mol. The summed E-state index contributed by atoms with van der Waals surface area (Å²) in [6.07, 6.45) is -1.94. The van der Waals surface area contributed by atoms with E-state index < -0.39 is 24.0 Å². The number of rotatable bonds is 2. The number of nitrogens with zero attached hydrogens (tertiary/aromatic N) is 1. The first kappa shape index (κ1) is 9.88. The minimum atomic E-state index is -2.79. The van der Waals surface area contributed by atoms with E-state index in [0.717, 1.165) is 20.4 Å². The fourth-order valence-corrected chi connectivity index (χ4v) is 0.995. The zero-order chi connectivity index (χ0) is 10.1. The second-order valence-corrected chi connectivity index (χ2v) is 2.78. The third-order valence-electron chi connectivity index (χ3n) is 1.92. The lowest BCUT2D eigenvalue weighted by Gasteiger charge is -2.25. The van der Waals surface area contributed by atoms with Crippen molar-refractivity contribution >= 4 is 12.4 Å². The largest absolute Gasteiger partial charge is 0.469 e. The highest BCUT2D eigenvalue weighted by atomic mass is 19.3. The highest BCUT2D eigenvalue weighted by Crippen LogP contribution is 2.30. The van der Waals surface area contributed by atoms with E-state index in [1.54, 1.807) is 0 Å². The maximum absolute atomic E-state index is 12.5. The molecule has 0 saturated heterocycles. The molecule has 0 saturated carbocycles. The summed E-state index contributed by atoms with van der Waals surface area (Å²) >= 11 is 0. The van der Waals surface area contributed by atoms with Gasteiger partial charge in [-0.25, -0.2) is 18.6 Å². The Balaban J connectivity index is 2.84. The van der Waals surface area contributed by atoms with Gasteiger partial charge in [0.25, 0.3) is 6.43 Å². The summed E-state index contributed by atoms with van der Waals surface area (Å²) in [6.45, 7) is 1.12. The summed E-state index contributed by atoms with van der Waals surface area (Å²) in [5.41, 5.74) is -1.90. The lowest BCUT2D eigenvalue weighted by atomic mass is 9.98. The van der Waals surface area contributed by atoms with Gasteiger partial charge in [0, 0.05) is 0 Å². The van der Waals surface area contributed by atoms with Gasteiger partial charge in [0.2, 0.25) is 5.60 Å². The molecule has 0 aromatic rings. The second kappa shape index (κ2) is 3.27. The first-order chi connectivity index (χ1) is 6.02. The van der Waals surface area contributed by atoms with E-state index in [9.17, 15) is 13.6 Å². The molecule has 0 aromatic heterocycles. The monoisotopic (exact) mass is 193 g/mol. The van der Waals surface area contributed by atoms with Crippen molar-refractivity contribution in [2.24, 2.45) is 4.99 Å². The van der Waals surface area contributed by atoms with Crippen molar-refractivity contribution in [1.82, 2.24) is 0 Å². The van der Waals surface area contributed by atoms with Gasteiger partial charge < -0.3 is 9.47 Å². The third kappa shape index (κ3) is 1.48. The Morgan fingerprint density at radius 2 is 2.38 bits per heavy atom. The van der Waals surface area contributed by atoms with Crippen LogP contribution in [0.5, 0.6) is 0 Å². The number of carbonyl (C=O) groups is 1. The lowest BCUT2D eigenvalue weighted by molar-refractivity contribution is -0.152. The molecule has 6 heteroatoms. The summed E-state index contributed by atoms with van der Waals surface area (Å²) < 4.78 is 33.8. The normalized spacial score (nSPS) is 31.9. The molecule has 0 unspecified atom stereocenters. The van der Waals surface area contributed by atoms with Crippen molar-refractivity contribution < 1.29 is 23.0 Å². The van der Waals surface area contributed by atoms with Crippen LogP contribution in [0.1, 0.15) is 6.92 Å². The van der Waals surface area contributed by atoms with E-state index in [1.807, 2.05) is 0 Å². The Labute approximate surface area is 73.5 Å². The quantitative estimate of drug-likeness (QED) is 0.603. The fraction of sp³-hybridized carbons (Fsp3) is 0.714. The summed E-state index contributed by atoms with van der Waals surface area (Å²) in [4.78, 5) is 14.5. The number of alkyl halides is 2. The molecule has 1 heterocycles. The molecule has 0 aliphatic carbocycles. The van der Waals surface area contributed by atoms with Gasteiger partial charge in [-0.2, -0.15) is 0 Å². The van der Waals surface area contributed by atoms with E-state index >= 15 is 0 Å². The highest BCUT2D eigenvalue weighted by Gasteiger charge is 2.52. The van der Waals surface area contributed by atoms with Gasteiger partial charge in [0.05, 0.1) is 7.11 Å². The van der Waals surface area contributed by atoms with E-state index in [1.165, 1.54) is 0 Å². The Kier molecular flexibility index (Phi) is 2.49. The molecule has 1 aliphatic rings. The molecule has 4 nitrogen and oxygen atoms in total. The van der Waals surface area contributed by atoms with Crippen LogP contribution in [0.4, 0.5) is 8.78 Å². The lowest BCUT2D eigenvalue weighted by Crippen LogP contribution is -2.48. The van der Waals surface area contributed by atoms with Crippen LogP contribution < -0.4 is 0 Å². The third-order valence-corrected chi connectivity index (χ3v) is 1.92. The topological polar surface area (TPSA) is 47.9 Å². The van der Waals surface area contributed by atoms with Gasteiger partial charge in [0.1, 0.15) is 0 Å². The highest BCUT2D eigenvalue weighted by molar-refractivity contribution is 5.80. The smallest absolute Gasteiger partial charge is 0.335 e. The first-order valence-electron chi connectivity index (χ1n) is 3.58. The van der Waals surface area contributed by atoms with Crippen LogP contribution in [0, 0.1) is 0 Å². The molecular weight excluding hydrogens is 184 g/mol. The SMILES string of the molecule is COC(=O)[C@H]1N=CO[C@]1(C)C(F)F. The Morgan fingerprint density at radius 3 is 2.85 bits per heavy atom. The molecule has 0 bridgehead atoms. The summed E-state index contributed by atoms with van der Waals surface area (Å²) in [5.74, 6) is -0.823. The van der Waals surface area contributed by atoms with E-state index in [0.29, 0.717) is 0 Å². The van der Waals surface area contributed by atoms with Gasteiger partial charge in [-0.05, 0) is 6.92 Å². The van der Waals surface area contributed by atoms with Crippen molar-refractivity contribution in [3.8, 4) is 0 Å². The van der Waals surface area contributed by atoms with E-state index in [2.05, 4.69) is 14.5 Å². The van der Waals surface area contributed by atoms with E-state index in [4.69, 9.17) is 0 Å². The van der Waals surface area contributed by atoms with Crippen LogP contribution in [0.15, 0.2) is 4.99 Å². The fourth-order valence-electron chi connectivity index (χ4n) is 0.995. The molecule has 0 spiro atoms. The minimum Gasteiger partial charge on any atom is -0.469 e. The standard InChI is InChI=1S/C7H9F2NO3/c1-7(6(8)9)4(5(11)12-2)10-3-13-7/h3-4,6H,1-2H3/t4-,7+/m1/s1. The molecule has 0 amide bonds.